The zero-order valence-corrected chi connectivity index (χ0v) is 44.4. The number of carboxylic acids is 1. The number of nitrogens with one attached hydrogen (secondary N) is 9. The van der Waals surface area contributed by atoms with E-state index in [4.69, 9.17) is 5.73 Å². The molecule has 1 aliphatic rings. The Labute approximate surface area is 452 Å². The summed E-state index contributed by atoms with van der Waals surface area (Å²) in [5, 5.41) is 62.6. The number of H-pyrrole nitrogens is 1. The van der Waals surface area contributed by atoms with Gasteiger partial charge in [-0.25, -0.2) is 4.79 Å². The van der Waals surface area contributed by atoms with Crippen LogP contribution < -0.4 is 48.3 Å². The highest BCUT2D eigenvalue weighted by Gasteiger charge is 2.37. The van der Waals surface area contributed by atoms with Gasteiger partial charge in [-0.15, -0.1) is 0 Å². The molecular formula is C52H68N10O13S2. The number of phenols is 1. The number of nitrogens with two attached hydrogens (primary N) is 1. The monoisotopic (exact) mass is 1100 g/mol. The van der Waals surface area contributed by atoms with E-state index in [1.54, 1.807) is 48.7 Å². The number of benzene rings is 3. The van der Waals surface area contributed by atoms with Gasteiger partial charge in [0, 0.05) is 54.9 Å². The molecule has 0 saturated carbocycles. The van der Waals surface area contributed by atoms with Crippen LogP contribution in [0.3, 0.4) is 0 Å². The van der Waals surface area contributed by atoms with Crippen LogP contribution in [-0.4, -0.2) is 158 Å². The molecule has 1 aromatic heterocycles. The van der Waals surface area contributed by atoms with Crippen molar-refractivity contribution in [2.75, 3.05) is 24.6 Å². The van der Waals surface area contributed by atoms with Gasteiger partial charge in [0.25, 0.3) is 0 Å². The number of aromatic nitrogens is 1. The lowest BCUT2D eigenvalue weighted by atomic mass is 9.97. The summed E-state index contributed by atoms with van der Waals surface area (Å²) in [5.74, 6) is -10.0. The van der Waals surface area contributed by atoms with E-state index < -0.39 is 114 Å². The highest BCUT2D eigenvalue weighted by Crippen LogP contribution is 2.25. The summed E-state index contributed by atoms with van der Waals surface area (Å²) in [4.78, 5) is 128. The van der Waals surface area contributed by atoms with Crippen LogP contribution in [0, 0.1) is 5.92 Å². The van der Waals surface area contributed by atoms with Gasteiger partial charge in [-0.2, -0.15) is 0 Å². The molecule has 1 fully saturated rings. The van der Waals surface area contributed by atoms with Crippen LogP contribution in [0.25, 0.3) is 10.9 Å². The highest BCUT2D eigenvalue weighted by atomic mass is 33.1. The van der Waals surface area contributed by atoms with Gasteiger partial charge in [-0.05, 0) is 81.0 Å². The van der Waals surface area contributed by atoms with Crippen molar-refractivity contribution in [1.82, 2.24) is 47.5 Å². The molecule has 5 rings (SSSR count). The van der Waals surface area contributed by atoms with Crippen molar-refractivity contribution in [3.05, 3.63) is 102 Å². The lowest BCUT2D eigenvalue weighted by molar-refractivity contribution is -0.145. The number of aromatic hydroxyl groups is 1. The molecule has 0 spiro atoms. The van der Waals surface area contributed by atoms with Crippen LogP contribution in [-0.2, 0) is 62.4 Å². The maximum Gasteiger partial charge on any atom is 0.328 e. The number of fused-ring (bicyclic) bond motifs is 1. The number of aromatic amines is 1. The minimum absolute atomic E-state index is 0.0326. The molecule has 416 valence electrons. The van der Waals surface area contributed by atoms with Crippen molar-refractivity contribution >= 4 is 85.7 Å². The molecule has 4 aromatic rings. The van der Waals surface area contributed by atoms with Crippen LogP contribution in [0.4, 0.5) is 0 Å². The van der Waals surface area contributed by atoms with Crippen molar-refractivity contribution in [2.24, 2.45) is 11.7 Å². The highest BCUT2D eigenvalue weighted by molar-refractivity contribution is 8.76. The number of aliphatic hydroxyl groups excluding tert-OH is 2. The van der Waals surface area contributed by atoms with Crippen molar-refractivity contribution in [3.8, 4) is 5.75 Å². The fraction of sp³-hybridized carbons (Fsp3) is 0.442. The van der Waals surface area contributed by atoms with Gasteiger partial charge in [-0.3, -0.25) is 38.4 Å². The Balaban J connectivity index is 1.61. The van der Waals surface area contributed by atoms with Gasteiger partial charge < -0.3 is 73.7 Å². The molecule has 77 heavy (non-hydrogen) atoms. The Bertz CT molecular complexity index is 2680. The number of hydrogen-bond donors (Lipinski definition) is 14. The zero-order chi connectivity index (χ0) is 56.2. The third-order valence-electron chi connectivity index (χ3n) is 12.5. The molecule has 10 atom stereocenters. The number of amides is 8. The molecule has 1 saturated heterocycles. The second kappa shape index (κ2) is 29.9. The molecule has 1 aliphatic heterocycles. The first-order valence-corrected chi connectivity index (χ1v) is 27.5. The summed E-state index contributed by atoms with van der Waals surface area (Å²) in [7, 11) is 1.84. The standard InChI is InChI=1S/C52H68N10O13S2/c1-28(63)43-51(73)60-42(50(72)62-44(29(2)64)52(74)75)27-77-76-26-41(59-45(67)34(25-54-30(3)65)21-31-11-5-4-6-12-31)49(71)57-39(22-32-16-18-35(66)19-17-32)47(69)58-40(23-33-24-55-37-14-8-7-13-36(33)37)48(70)56-38(46(68)61-43)15-9-10-20-53/h4-8,11-14,16-19,24,28-29,34,38-44,55,63-64,66H,9-10,15,20-23,25-27,53H2,1-3H3,(H,54,65)(H,56,70)(H,57,71)(H,58,69)(H,59,67)(H,60,73)(H,61,68)(H,62,72)(H,74,75)/t28-,29-,34+,38+,39+,40-,41+,42+,43+,44+/m1/s1. The topological polar surface area (TPSA) is 373 Å². The van der Waals surface area contributed by atoms with E-state index >= 15 is 0 Å². The van der Waals surface area contributed by atoms with Crippen LogP contribution in [0.2, 0.25) is 0 Å². The second-order valence-electron chi connectivity index (χ2n) is 18.7. The maximum absolute atomic E-state index is 14.9. The average Bonchev–Trinajstić information content (AvgIpc) is 3.80. The summed E-state index contributed by atoms with van der Waals surface area (Å²) in [6, 6.07) is 10.9. The van der Waals surface area contributed by atoms with Gasteiger partial charge in [-0.1, -0.05) is 82.3 Å². The first kappa shape index (κ1) is 60.7. The number of carboxylic acid groups (broad SMARTS) is 1. The Morgan fingerprint density at radius 2 is 1.35 bits per heavy atom. The molecule has 15 N–H and O–H groups in total. The number of aliphatic hydroxyl groups is 2. The van der Waals surface area contributed by atoms with Crippen LogP contribution >= 0.6 is 21.6 Å². The number of phenolic OH excluding ortho intramolecular Hbond substituents is 1. The molecular weight excluding hydrogens is 1040 g/mol. The van der Waals surface area contributed by atoms with Crippen molar-refractivity contribution in [3.63, 3.8) is 0 Å². The molecule has 25 heteroatoms. The summed E-state index contributed by atoms with van der Waals surface area (Å²) in [6.07, 6.45) is -1.10. The number of unbranched alkanes of at least 4 members (excludes halogenated alkanes) is 1. The number of carbonyl (C=O) groups excluding carboxylic acids is 8. The molecule has 0 unspecified atom stereocenters. The Hall–Kier alpha value is -7.19. The van der Waals surface area contributed by atoms with Crippen molar-refractivity contribution in [2.45, 2.75) is 114 Å². The van der Waals surface area contributed by atoms with Gasteiger partial charge in [0.05, 0.1) is 18.1 Å². The van der Waals surface area contributed by atoms with Crippen molar-refractivity contribution in [1.29, 1.82) is 0 Å². The number of carbonyl (C=O) groups is 9. The maximum atomic E-state index is 14.9. The summed E-state index contributed by atoms with van der Waals surface area (Å²) in [5.41, 5.74) is 8.31. The normalized spacial score (nSPS) is 21.8. The lowest BCUT2D eigenvalue weighted by Crippen LogP contribution is -2.62. The SMILES string of the molecule is CC(=O)NC[C@H](Cc1ccccc1)C(=O)N[C@H]1CSSC[C@@H](C(=O)N[C@H](C(=O)O)[C@@H](C)O)NC(=O)[C@H]([C@@H](C)O)NC(=O)[C@H](CCCCN)NC(=O)[C@@H](Cc2c[nH]c3ccccc23)NC(=O)[C@H](Cc2ccc(O)cc2)NC1=O. The van der Waals surface area contributed by atoms with Gasteiger partial charge in [0.2, 0.25) is 47.3 Å². The molecule has 2 heterocycles. The van der Waals surface area contributed by atoms with Crippen LogP contribution in [0.15, 0.2) is 85.1 Å². The first-order valence-electron chi connectivity index (χ1n) is 25.0. The number of para-hydroxylation sites is 1. The van der Waals surface area contributed by atoms with Gasteiger partial charge in [0.1, 0.15) is 42.0 Å². The van der Waals surface area contributed by atoms with E-state index in [0.29, 0.717) is 29.4 Å². The third-order valence-corrected chi connectivity index (χ3v) is 15.0. The largest absolute Gasteiger partial charge is 0.508 e. The van der Waals surface area contributed by atoms with E-state index in [9.17, 15) is 63.6 Å². The predicted molar refractivity (Wildman–Crippen MR) is 288 cm³/mol. The third kappa shape index (κ3) is 18.8. The van der Waals surface area contributed by atoms with Gasteiger partial charge >= 0.3 is 5.97 Å². The van der Waals surface area contributed by atoms with Crippen LogP contribution in [0.5, 0.6) is 5.75 Å². The number of rotatable bonds is 19. The molecule has 3 aromatic carbocycles. The Morgan fingerprint density at radius 3 is 2.00 bits per heavy atom. The van der Waals surface area contributed by atoms with E-state index in [1.165, 1.54) is 38.1 Å². The summed E-state index contributed by atoms with van der Waals surface area (Å²) in [6.45, 7) is 3.70. The molecule has 23 nitrogen and oxygen atoms in total. The van der Waals surface area contributed by atoms with Crippen molar-refractivity contribution < 1.29 is 63.6 Å². The Kier molecular flexibility index (Phi) is 23.6. The summed E-state index contributed by atoms with van der Waals surface area (Å²) >= 11 is 0. The van der Waals surface area contributed by atoms with Gasteiger partial charge in [0.15, 0.2) is 6.04 Å². The fourth-order valence-corrected chi connectivity index (χ4v) is 10.6. The first-order chi connectivity index (χ1) is 36.7. The van der Waals surface area contributed by atoms with E-state index in [-0.39, 0.29) is 56.0 Å². The molecule has 0 aliphatic carbocycles. The van der Waals surface area contributed by atoms with E-state index in [2.05, 4.69) is 47.5 Å². The summed E-state index contributed by atoms with van der Waals surface area (Å²) < 4.78 is 0. The van der Waals surface area contributed by atoms with E-state index in [0.717, 1.165) is 39.6 Å². The van der Waals surface area contributed by atoms with E-state index in [1.807, 2.05) is 12.1 Å². The number of aliphatic carboxylic acids is 1. The fourth-order valence-electron chi connectivity index (χ4n) is 8.26. The Morgan fingerprint density at radius 1 is 0.727 bits per heavy atom. The average molecular weight is 1110 g/mol. The number of hydrogen-bond acceptors (Lipinski definition) is 15. The predicted octanol–water partition coefficient (Wildman–Crippen LogP) is -0.582. The minimum atomic E-state index is -1.83. The van der Waals surface area contributed by atoms with Crippen LogP contribution in [0.1, 0.15) is 56.7 Å². The second-order valence-corrected chi connectivity index (χ2v) is 21.3. The molecule has 8 amide bonds. The molecule has 0 radical (unpaired) electrons. The lowest BCUT2D eigenvalue weighted by Gasteiger charge is -2.29. The molecule has 0 bridgehead atoms. The smallest absolute Gasteiger partial charge is 0.328 e. The zero-order valence-electron chi connectivity index (χ0n) is 42.8. The minimum Gasteiger partial charge on any atom is -0.508 e. The quantitative estimate of drug-likeness (QED) is 0.0413.